The van der Waals surface area contributed by atoms with Crippen LogP contribution in [0.5, 0.6) is 0 Å². The van der Waals surface area contributed by atoms with Crippen molar-refractivity contribution in [1.29, 1.82) is 0 Å². The fourth-order valence-electron chi connectivity index (χ4n) is 0.924. The van der Waals surface area contributed by atoms with E-state index in [2.05, 4.69) is 15.9 Å². The number of benzene rings is 1. The van der Waals surface area contributed by atoms with E-state index in [4.69, 9.17) is 5.73 Å². The Bertz CT molecular complexity index is 351. The zero-order chi connectivity index (χ0) is 10.7. The molecule has 0 saturated heterocycles. The Labute approximate surface area is 87.5 Å². The maximum Gasteiger partial charge on any atom is 0.169 e. The molecule has 2 N–H and O–H groups in total. The molecule has 0 aliphatic heterocycles. The second-order valence-electron chi connectivity index (χ2n) is 2.52. The van der Waals surface area contributed by atoms with Gasteiger partial charge < -0.3 is 5.73 Å². The molecule has 0 spiro atoms. The Kier molecular flexibility index (Phi) is 3.71. The predicted molar refractivity (Wildman–Crippen MR) is 52.1 cm³/mol. The average Bonchev–Trinajstić information content (AvgIpc) is 2.15. The normalized spacial score (nSPS) is 11.2. The second-order valence-corrected chi connectivity index (χ2v) is 3.37. The Hall–Kier alpha value is -0.810. The van der Waals surface area contributed by atoms with Crippen LogP contribution in [0.2, 0.25) is 0 Å². The highest BCUT2D eigenvalue weighted by atomic mass is 79.9. The quantitative estimate of drug-likeness (QED) is 0.818. The van der Waals surface area contributed by atoms with Crippen LogP contribution in [0.15, 0.2) is 16.6 Å². The molecular formula is C9H7BrF3N. The van der Waals surface area contributed by atoms with Crippen molar-refractivity contribution in [2.45, 2.75) is 0 Å². The molecule has 0 bridgehead atoms. The first-order chi connectivity index (χ1) is 6.57. The van der Waals surface area contributed by atoms with Crippen LogP contribution in [-0.2, 0) is 0 Å². The highest BCUT2D eigenvalue weighted by molar-refractivity contribution is 9.10. The van der Waals surface area contributed by atoms with Gasteiger partial charge in [-0.15, -0.1) is 0 Å². The molecule has 0 aromatic heterocycles. The second kappa shape index (κ2) is 4.61. The lowest BCUT2D eigenvalue weighted by molar-refractivity contribution is 0.490. The van der Waals surface area contributed by atoms with Gasteiger partial charge in [-0.05, 0) is 22.0 Å². The first kappa shape index (κ1) is 11.3. The van der Waals surface area contributed by atoms with Gasteiger partial charge >= 0.3 is 0 Å². The molecule has 1 aromatic carbocycles. The van der Waals surface area contributed by atoms with Crippen LogP contribution in [0, 0.1) is 17.5 Å². The molecule has 0 radical (unpaired) electrons. The number of hydrogen-bond acceptors (Lipinski definition) is 1. The molecule has 0 fully saturated rings. The molecule has 1 aromatic rings. The highest BCUT2D eigenvalue weighted by Gasteiger charge is 2.14. The van der Waals surface area contributed by atoms with Gasteiger partial charge in [-0.25, -0.2) is 13.2 Å². The summed E-state index contributed by atoms with van der Waals surface area (Å²) in [6, 6.07) is 0.741. The summed E-state index contributed by atoms with van der Waals surface area (Å²) in [6.45, 7) is 0.132. The SMILES string of the molecule is NC/C=C/c1c(F)c(F)cc(Br)c1F. The third-order valence-electron chi connectivity index (χ3n) is 1.57. The molecule has 1 rings (SSSR count). The standard InChI is InChI=1S/C9H7BrF3N/c10-6-4-7(11)9(13)5(8(6)12)2-1-3-14/h1-2,4H,3,14H2/b2-1+. The molecule has 0 atom stereocenters. The lowest BCUT2D eigenvalue weighted by Crippen LogP contribution is -1.97. The molecule has 1 nitrogen and oxygen atoms in total. The third-order valence-corrected chi connectivity index (χ3v) is 2.14. The van der Waals surface area contributed by atoms with Crippen molar-refractivity contribution in [2.24, 2.45) is 5.73 Å². The van der Waals surface area contributed by atoms with Gasteiger partial charge in [-0.1, -0.05) is 12.2 Å². The van der Waals surface area contributed by atoms with E-state index in [0.717, 1.165) is 12.1 Å². The smallest absolute Gasteiger partial charge is 0.169 e. The number of rotatable bonds is 2. The highest BCUT2D eigenvalue weighted by Crippen LogP contribution is 2.25. The molecule has 76 valence electrons. The lowest BCUT2D eigenvalue weighted by Gasteiger charge is -2.02. The van der Waals surface area contributed by atoms with Crippen molar-refractivity contribution in [3.05, 3.63) is 39.6 Å². The Balaban J connectivity index is 3.32. The molecule has 14 heavy (non-hydrogen) atoms. The van der Waals surface area contributed by atoms with E-state index >= 15 is 0 Å². The van der Waals surface area contributed by atoms with Crippen molar-refractivity contribution >= 4 is 22.0 Å². The minimum atomic E-state index is -1.21. The fourth-order valence-corrected chi connectivity index (χ4v) is 1.34. The van der Waals surface area contributed by atoms with Crippen LogP contribution in [-0.4, -0.2) is 6.54 Å². The van der Waals surface area contributed by atoms with Crippen LogP contribution < -0.4 is 5.73 Å². The maximum absolute atomic E-state index is 13.2. The summed E-state index contributed by atoms with van der Waals surface area (Å²) in [7, 11) is 0. The number of hydrogen-bond donors (Lipinski definition) is 1. The van der Waals surface area contributed by atoms with E-state index in [0.29, 0.717) is 0 Å². The molecule has 0 amide bonds. The fraction of sp³-hybridized carbons (Fsp3) is 0.111. The number of nitrogens with two attached hydrogens (primary N) is 1. The summed E-state index contributed by atoms with van der Waals surface area (Å²) in [5.74, 6) is -3.15. The van der Waals surface area contributed by atoms with Crippen LogP contribution in [0.3, 0.4) is 0 Å². The van der Waals surface area contributed by atoms with Gasteiger partial charge in [0.15, 0.2) is 11.6 Å². The van der Waals surface area contributed by atoms with E-state index in [1.54, 1.807) is 0 Å². The first-order valence-electron chi connectivity index (χ1n) is 3.77. The van der Waals surface area contributed by atoms with Gasteiger partial charge in [0, 0.05) is 12.1 Å². The Morgan fingerprint density at radius 2 is 1.93 bits per heavy atom. The van der Waals surface area contributed by atoms with Gasteiger partial charge in [0.25, 0.3) is 0 Å². The summed E-state index contributed by atoms with van der Waals surface area (Å²) >= 11 is 2.78. The van der Waals surface area contributed by atoms with Crippen molar-refractivity contribution in [1.82, 2.24) is 0 Å². The largest absolute Gasteiger partial charge is 0.327 e. The summed E-state index contributed by atoms with van der Waals surface area (Å²) in [5, 5.41) is 0. The molecule has 0 aliphatic rings. The monoisotopic (exact) mass is 265 g/mol. The topological polar surface area (TPSA) is 26.0 Å². The van der Waals surface area contributed by atoms with Gasteiger partial charge in [0.2, 0.25) is 0 Å². The van der Waals surface area contributed by atoms with Crippen LogP contribution in [0.25, 0.3) is 6.08 Å². The summed E-state index contributed by atoms with van der Waals surface area (Å²) < 4.78 is 39.0. The van der Waals surface area contributed by atoms with Gasteiger partial charge in [-0.3, -0.25) is 0 Å². The van der Waals surface area contributed by atoms with Gasteiger partial charge in [0.1, 0.15) is 5.82 Å². The van der Waals surface area contributed by atoms with Gasteiger partial charge in [0.05, 0.1) is 4.47 Å². The molecular weight excluding hydrogens is 259 g/mol. The third kappa shape index (κ3) is 2.16. The lowest BCUT2D eigenvalue weighted by atomic mass is 10.1. The average molecular weight is 266 g/mol. The zero-order valence-electron chi connectivity index (χ0n) is 7.03. The molecule has 0 saturated carbocycles. The van der Waals surface area contributed by atoms with E-state index < -0.39 is 23.0 Å². The molecule has 0 unspecified atom stereocenters. The summed E-state index contributed by atoms with van der Waals surface area (Å²) in [6.07, 6.45) is 2.45. The number of halogens is 4. The van der Waals surface area contributed by atoms with Crippen molar-refractivity contribution < 1.29 is 13.2 Å². The van der Waals surface area contributed by atoms with Crippen molar-refractivity contribution in [3.63, 3.8) is 0 Å². The Morgan fingerprint density at radius 1 is 1.29 bits per heavy atom. The summed E-state index contributed by atoms with van der Waals surface area (Å²) in [4.78, 5) is 0. The van der Waals surface area contributed by atoms with E-state index in [1.807, 2.05) is 0 Å². The van der Waals surface area contributed by atoms with E-state index in [-0.39, 0.29) is 11.0 Å². The van der Waals surface area contributed by atoms with Gasteiger partial charge in [-0.2, -0.15) is 0 Å². The first-order valence-corrected chi connectivity index (χ1v) is 4.56. The maximum atomic E-state index is 13.2. The van der Waals surface area contributed by atoms with Crippen LogP contribution in [0.4, 0.5) is 13.2 Å². The zero-order valence-corrected chi connectivity index (χ0v) is 8.61. The van der Waals surface area contributed by atoms with Crippen molar-refractivity contribution in [2.75, 3.05) is 6.54 Å². The molecule has 0 heterocycles. The predicted octanol–water partition coefficient (Wildman–Crippen LogP) is 2.84. The van der Waals surface area contributed by atoms with E-state index in [1.165, 1.54) is 6.08 Å². The van der Waals surface area contributed by atoms with Crippen LogP contribution >= 0.6 is 15.9 Å². The van der Waals surface area contributed by atoms with Crippen molar-refractivity contribution in [3.8, 4) is 0 Å². The summed E-state index contributed by atoms with van der Waals surface area (Å²) in [5.41, 5.74) is 4.69. The Morgan fingerprint density at radius 3 is 2.50 bits per heavy atom. The van der Waals surface area contributed by atoms with E-state index in [9.17, 15) is 13.2 Å². The minimum Gasteiger partial charge on any atom is -0.327 e. The molecule has 0 aliphatic carbocycles. The molecule has 5 heteroatoms. The van der Waals surface area contributed by atoms with Crippen LogP contribution in [0.1, 0.15) is 5.56 Å². The minimum absolute atomic E-state index is 0.118.